The molecule has 1 atom stereocenters. The van der Waals surface area contributed by atoms with Gasteiger partial charge in [-0.15, -0.1) is 0 Å². The molecule has 0 aromatic heterocycles. The molecular weight excluding hydrogens is 228 g/mol. The predicted octanol–water partition coefficient (Wildman–Crippen LogP) is 2.37. The lowest BCUT2D eigenvalue weighted by molar-refractivity contribution is 0.569. The van der Waals surface area contributed by atoms with Gasteiger partial charge in [0.15, 0.2) is 0 Å². The van der Waals surface area contributed by atoms with Gasteiger partial charge in [-0.3, -0.25) is 0 Å². The van der Waals surface area contributed by atoms with Crippen LogP contribution in [0.4, 0.5) is 5.69 Å². The van der Waals surface area contributed by atoms with E-state index in [9.17, 15) is 0 Å². The fourth-order valence-electron chi connectivity index (χ4n) is 1.93. The number of nitrogen functional groups attached to an aromatic ring is 1. The number of rotatable bonds is 0. The zero-order chi connectivity index (χ0) is 9.42. The van der Waals surface area contributed by atoms with Gasteiger partial charge in [0.2, 0.25) is 0 Å². The Bertz CT molecular complexity index is 336. The molecule has 0 fully saturated rings. The van der Waals surface area contributed by atoms with E-state index in [1.807, 2.05) is 12.1 Å². The molecule has 0 radical (unpaired) electrons. The summed E-state index contributed by atoms with van der Waals surface area (Å²) in [6, 6.07) is 4.13. The third kappa shape index (κ3) is 1.58. The molecule has 0 spiro atoms. The Labute approximate surface area is 86.4 Å². The molecule has 2 nitrogen and oxygen atoms in total. The van der Waals surface area contributed by atoms with Crippen LogP contribution in [-0.4, -0.2) is 0 Å². The maximum absolute atomic E-state index is 6.01. The van der Waals surface area contributed by atoms with Crippen molar-refractivity contribution in [2.24, 2.45) is 5.73 Å². The zero-order valence-corrected chi connectivity index (χ0v) is 8.97. The van der Waals surface area contributed by atoms with E-state index in [-0.39, 0.29) is 6.04 Å². The third-order valence-corrected chi connectivity index (χ3v) is 3.30. The van der Waals surface area contributed by atoms with Crippen LogP contribution in [0, 0.1) is 0 Å². The lowest BCUT2D eigenvalue weighted by Crippen LogP contribution is -2.18. The average molecular weight is 241 g/mol. The quantitative estimate of drug-likeness (QED) is 0.685. The summed E-state index contributed by atoms with van der Waals surface area (Å²) >= 11 is 3.52. The van der Waals surface area contributed by atoms with Crippen LogP contribution in [0.1, 0.15) is 30.0 Å². The summed E-state index contributed by atoms with van der Waals surface area (Å²) in [6.45, 7) is 0. The minimum absolute atomic E-state index is 0.170. The van der Waals surface area contributed by atoms with Crippen LogP contribution in [-0.2, 0) is 6.42 Å². The summed E-state index contributed by atoms with van der Waals surface area (Å²) in [7, 11) is 0. The number of anilines is 1. The van der Waals surface area contributed by atoms with Gasteiger partial charge in [0.05, 0.1) is 0 Å². The van der Waals surface area contributed by atoms with Gasteiger partial charge in [-0.1, -0.05) is 15.9 Å². The predicted molar refractivity (Wildman–Crippen MR) is 58.4 cm³/mol. The number of fused-ring (bicyclic) bond motifs is 1. The molecule has 0 saturated heterocycles. The van der Waals surface area contributed by atoms with Crippen LogP contribution in [0.25, 0.3) is 0 Å². The topological polar surface area (TPSA) is 52.0 Å². The summed E-state index contributed by atoms with van der Waals surface area (Å²) in [5.41, 5.74) is 15.1. The average Bonchev–Trinajstić information content (AvgIpc) is 2.07. The molecule has 0 saturated carbocycles. The standard InChI is InChI=1S/C10H13BrN2/c11-9-5-6(12)4-8-7(9)2-1-3-10(8)13/h4-5,10H,1-3,12-13H2. The molecule has 1 aromatic rings. The lowest BCUT2D eigenvalue weighted by Gasteiger charge is -2.23. The van der Waals surface area contributed by atoms with E-state index in [1.165, 1.54) is 17.5 Å². The van der Waals surface area contributed by atoms with Crippen molar-refractivity contribution >= 4 is 21.6 Å². The SMILES string of the molecule is Nc1cc(Br)c2c(c1)C(N)CCC2. The normalized spacial score (nSPS) is 21.2. The minimum atomic E-state index is 0.170. The summed E-state index contributed by atoms with van der Waals surface area (Å²) in [4.78, 5) is 0. The molecule has 4 N–H and O–H groups in total. The van der Waals surface area contributed by atoms with Gasteiger partial charge >= 0.3 is 0 Å². The molecule has 3 heteroatoms. The number of hydrogen-bond donors (Lipinski definition) is 2. The van der Waals surface area contributed by atoms with E-state index in [0.29, 0.717) is 0 Å². The van der Waals surface area contributed by atoms with Crippen LogP contribution < -0.4 is 11.5 Å². The van der Waals surface area contributed by atoms with Crippen LogP contribution in [0.15, 0.2) is 16.6 Å². The van der Waals surface area contributed by atoms with Crippen molar-refractivity contribution in [1.29, 1.82) is 0 Å². The summed E-state index contributed by atoms with van der Waals surface area (Å²) in [6.07, 6.45) is 3.36. The van der Waals surface area contributed by atoms with E-state index in [0.717, 1.165) is 23.0 Å². The molecule has 0 amide bonds. The fourth-order valence-corrected chi connectivity index (χ4v) is 2.62. The third-order valence-electron chi connectivity index (χ3n) is 2.59. The van der Waals surface area contributed by atoms with Gasteiger partial charge in [0, 0.05) is 16.2 Å². The number of benzene rings is 1. The first-order valence-corrected chi connectivity index (χ1v) is 5.31. The van der Waals surface area contributed by atoms with E-state index >= 15 is 0 Å². The van der Waals surface area contributed by atoms with Crippen LogP contribution >= 0.6 is 15.9 Å². The number of halogens is 1. The second-order valence-electron chi connectivity index (χ2n) is 3.57. The minimum Gasteiger partial charge on any atom is -0.399 e. The van der Waals surface area contributed by atoms with Gasteiger partial charge in [-0.25, -0.2) is 0 Å². The van der Waals surface area contributed by atoms with E-state index in [2.05, 4.69) is 15.9 Å². The maximum Gasteiger partial charge on any atom is 0.0328 e. The Kier molecular flexibility index (Phi) is 2.30. The highest BCUT2D eigenvalue weighted by Gasteiger charge is 2.18. The second-order valence-corrected chi connectivity index (χ2v) is 4.42. The summed E-state index contributed by atoms with van der Waals surface area (Å²) in [5.74, 6) is 0. The zero-order valence-electron chi connectivity index (χ0n) is 7.39. The van der Waals surface area contributed by atoms with Crippen molar-refractivity contribution in [1.82, 2.24) is 0 Å². The Morgan fingerprint density at radius 3 is 2.92 bits per heavy atom. The number of hydrogen-bond acceptors (Lipinski definition) is 2. The Balaban J connectivity index is 2.56. The van der Waals surface area contributed by atoms with Gasteiger partial charge < -0.3 is 11.5 Å². The Morgan fingerprint density at radius 2 is 2.15 bits per heavy atom. The Morgan fingerprint density at radius 1 is 1.38 bits per heavy atom. The highest BCUT2D eigenvalue weighted by atomic mass is 79.9. The first-order valence-electron chi connectivity index (χ1n) is 4.52. The van der Waals surface area contributed by atoms with Crippen molar-refractivity contribution in [3.8, 4) is 0 Å². The smallest absolute Gasteiger partial charge is 0.0328 e. The van der Waals surface area contributed by atoms with Crippen LogP contribution in [0.2, 0.25) is 0 Å². The van der Waals surface area contributed by atoms with Crippen molar-refractivity contribution in [3.63, 3.8) is 0 Å². The van der Waals surface area contributed by atoms with Crippen LogP contribution in [0.5, 0.6) is 0 Å². The highest BCUT2D eigenvalue weighted by Crippen LogP contribution is 2.34. The summed E-state index contributed by atoms with van der Waals surface area (Å²) < 4.78 is 1.11. The molecule has 1 unspecified atom stereocenters. The van der Waals surface area contributed by atoms with Crippen LogP contribution in [0.3, 0.4) is 0 Å². The van der Waals surface area contributed by atoms with Gasteiger partial charge in [0.25, 0.3) is 0 Å². The molecule has 1 aliphatic rings. The van der Waals surface area contributed by atoms with Crippen molar-refractivity contribution in [3.05, 3.63) is 27.7 Å². The van der Waals surface area contributed by atoms with Crippen molar-refractivity contribution < 1.29 is 0 Å². The summed E-state index contributed by atoms with van der Waals surface area (Å²) in [5, 5.41) is 0. The molecule has 0 bridgehead atoms. The van der Waals surface area contributed by atoms with Crippen molar-refractivity contribution in [2.75, 3.05) is 5.73 Å². The first-order chi connectivity index (χ1) is 6.18. The van der Waals surface area contributed by atoms with Gasteiger partial charge in [-0.2, -0.15) is 0 Å². The van der Waals surface area contributed by atoms with Gasteiger partial charge in [-0.05, 0) is 42.5 Å². The first kappa shape index (κ1) is 9.03. The molecule has 1 aromatic carbocycles. The molecule has 1 aliphatic carbocycles. The maximum atomic E-state index is 6.01. The monoisotopic (exact) mass is 240 g/mol. The number of nitrogens with two attached hydrogens (primary N) is 2. The van der Waals surface area contributed by atoms with E-state index in [4.69, 9.17) is 11.5 Å². The molecule has 13 heavy (non-hydrogen) atoms. The lowest BCUT2D eigenvalue weighted by atomic mass is 9.88. The molecule has 0 heterocycles. The fraction of sp³-hybridized carbons (Fsp3) is 0.400. The second kappa shape index (κ2) is 3.31. The molecule has 70 valence electrons. The molecule has 0 aliphatic heterocycles. The van der Waals surface area contributed by atoms with E-state index < -0.39 is 0 Å². The van der Waals surface area contributed by atoms with E-state index in [1.54, 1.807) is 0 Å². The van der Waals surface area contributed by atoms with Crippen molar-refractivity contribution in [2.45, 2.75) is 25.3 Å². The Hall–Kier alpha value is -0.540. The highest BCUT2D eigenvalue weighted by molar-refractivity contribution is 9.10. The van der Waals surface area contributed by atoms with Gasteiger partial charge in [0.1, 0.15) is 0 Å². The molecular formula is C10H13BrN2. The largest absolute Gasteiger partial charge is 0.399 e. The molecule has 2 rings (SSSR count).